The maximum atomic E-state index is 4.71. The molecule has 0 spiro atoms. The van der Waals surface area contributed by atoms with E-state index >= 15 is 0 Å². The molecule has 6 nitrogen and oxygen atoms in total. The standard InChI is InChI=1S/C24H34N6/c1-18-4-5-19(2)30(18)23-10-13-26-24(28-23)27-16-20-6-8-21(9-7-20)17-29-14-11-22(25-3)12-15-29/h6-10,13,19,22,25H,1,4-5,11-12,14-17H2,2-3H3,(H,26,27,28). The summed E-state index contributed by atoms with van der Waals surface area (Å²) in [5.41, 5.74) is 3.75. The van der Waals surface area contributed by atoms with E-state index < -0.39 is 0 Å². The largest absolute Gasteiger partial charge is 0.350 e. The molecule has 1 unspecified atom stereocenters. The topological polar surface area (TPSA) is 56.3 Å². The monoisotopic (exact) mass is 406 g/mol. The first-order valence-electron chi connectivity index (χ1n) is 11.1. The SMILES string of the molecule is C=C1CCC(C)N1c1ccnc(NCc2ccc(CN3CCC(NC)CC3)cc2)n1. The van der Waals surface area contributed by atoms with Gasteiger partial charge in [-0.15, -0.1) is 0 Å². The van der Waals surface area contributed by atoms with Crippen molar-refractivity contribution in [2.75, 3.05) is 30.4 Å². The van der Waals surface area contributed by atoms with Crippen LogP contribution in [-0.2, 0) is 13.1 Å². The molecule has 2 N–H and O–H groups in total. The van der Waals surface area contributed by atoms with E-state index in [9.17, 15) is 0 Å². The molecule has 2 saturated heterocycles. The molecule has 0 aliphatic carbocycles. The summed E-state index contributed by atoms with van der Waals surface area (Å²) in [6, 6.07) is 12.0. The predicted molar refractivity (Wildman–Crippen MR) is 123 cm³/mol. The molecular formula is C24H34N6. The Morgan fingerprint density at radius 3 is 2.47 bits per heavy atom. The van der Waals surface area contributed by atoms with E-state index in [1.807, 2.05) is 12.3 Å². The molecule has 6 heteroatoms. The second kappa shape index (κ2) is 9.58. The van der Waals surface area contributed by atoms with Crippen molar-refractivity contribution >= 4 is 11.8 Å². The highest BCUT2D eigenvalue weighted by Crippen LogP contribution is 2.30. The van der Waals surface area contributed by atoms with Gasteiger partial charge in [0.25, 0.3) is 0 Å². The summed E-state index contributed by atoms with van der Waals surface area (Å²) in [5, 5.41) is 6.77. The number of benzene rings is 1. The van der Waals surface area contributed by atoms with E-state index in [-0.39, 0.29) is 0 Å². The molecule has 2 fully saturated rings. The summed E-state index contributed by atoms with van der Waals surface area (Å²) in [7, 11) is 2.07. The van der Waals surface area contributed by atoms with Gasteiger partial charge >= 0.3 is 0 Å². The molecule has 1 aromatic heterocycles. The molecule has 1 aromatic carbocycles. The lowest BCUT2D eigenvalue weighted by Gasteiger charge is -2.31. The summed E-state index contributed by atoms with van der Waals surface area (Å²) in [5.74, 6) is 1.59. The Morgan fingerprint density at radius 2 is 1.80 bits per heavy atom. The zero-order valence-corrected chi connectivity index (χ0v) is 18.3. The Kier molecular flexibility index (Phi) is 6.65. The van der Waals surface area contributed by atoms with Gasteiger partial charge in [0.2, 0.25) is 5.95 Å². The Labute approximate surface area is 180 Å². The molecule has 3 heterocycles. The summed E-state index contributed by atoms with van der Waals surface area (Å²) >= 11 is 0. The number of likely N-dealkylation sites (tertiary alicyclic amines) is 1. The third kappa shape index (κ3) is 4.99. The lowest BCUT2D eigenvalue weighted by molar-refractivity contribution is 0.194. The molecule has 2 aromatic rings. The molecule has 0 radical (unpaired) electrons. The number of hydrogen-bond acceptors (Lipinski definition) is 6. The number of nitrogens with one attached hydrogen (secondary N) is 2. The first-order chi connectivity index (χ1) is 14.6. The third-order valence-electron chi connectivity index (χ3n) is 6.40. The highest BCUT2D eigenvalue weighted by molar-refractivity contribution is 5.50. The highest BCUT2D eigenvalue weighted by Gasteiger charge is 2.25. The average Bonchev–Trinajstić information content (AvgIpc) is 3.12. The van der Waals surface area contributed by atoms with Crippen molar-refractivity contribution in [3.63, 3.8) is 0 Å². The Bertz CT molecular complexity index is 841. The van der Waals surface area contributed by atoms with Crippen LogP contribution in [0.2, 0.25) is 0 Å². The molecular weight excluding hydrogens is 372 g/mol. The fourth-order valence-corrected chi connectivity index (χ4v) is 4.47. The van der Waals surface area contributed by atoms with Crippen molar-refractivity contribution in [1.29, 1.82) is 0 Å². The molecule has 4 rings (SSSR count). The Balaban J connectivity index is 1.30. The second-order valence-corrected chi connectivity index (χ2v) is 8.57. The summed E-state index contributed by atoms with van der Waals surface area (Å²) in [6.07, 6.45) is 6.46. The minimum Gasteiger partial charge on any atom is -0.350 e. The molecule has 2 aliphatic heterocycles. The van der Waals surface area contributed by atoms with Crippen molar-refractivity contribution in [2.45, 2.75) is 57.8 Å². The zero-order chi connectivity index (χ0) is 20.9. The van der Waals surface area contributed by atoms with Crippen LogP contribution in [0.5, 0.6) is 0 Å². The lowest BCUT2D eigenvalue weighted by Crippen LogP contribution is -2.40. The maximum absolute atomic E-state index is 4.71. The zero-order valence-electron chi connectivity index (χ0n) is 18.3. The fraction of sp³-hybridized carbons (Fsp3) is 0.500. The first kappa shape index (κ1) is 20.8. The van der Waals surface area contributed by atoms with Gasteiger partial charge in [-0.2, -0.15) is 4.98 Å². The van der Waals surface area contributed by atoms with Crippen LogP contribution in [0.15, 0.2) is 48.8 Å². The highest BCUT2D eigenvalue weighted by atomic mass is 15.3. The van der Waals surface area contributed by atoms with Gasteiger partial charge in [-0.1, -0.05) is 30.8 Å². The van der Waals surface area contributed by atoms with Gasteiger partial charge in [-0.25, -0.2) is 4.98 Å². The van der Waals surface area contributed by atoms with Crippen molar-refractivity contribution in [3.05, 3.63) is 59.9 Å². The number of nitrogens with zero attached hydrogens (tertiary/aromatic N) is 4. The number of hydrogen-bond donors (Lipinski definition) is 2. The van der Waals surface area contributed by atoms with Crippen LogP contribution in [0.1, 0.15) is 43.7 Å². The van der Waals surface area contributed by atoms with Crippen LogP contribution < -0.4 is 15.5 Å². The van der Waals surface area contributed by atoms with Crippen molar-refractivity contribution in [3.8, 4) is 0 Å². The summed E-state index contributed by atoms with van der Waals surface area (Å²) in [4.78, 5) is 13.9. The molecule has 0 saturated carbocycles. The predicted octanol–water partition coefficient (Wildman–Crippen LogP) is 3.77. The van der Waals surface area contributed by atoms with E-state index in [4.69, 9.17) is 4.98 Å². The Morgan fingerprint density at radius 1 is 1.07 bits per heavy atom. The number of anilines is 2. The van der Waals surface area contributed by atoms with E-state index in [0.717, 1.165) is 30.9 Å². The third-order valence-corrected chi connectivity index (χ3v) is 6.40. The van der Waals surface area contributed by atoms with Crippen LogP contribution in [0.25, 0.3) is 0 Å². The summed E-state index contributed by atoms with van der Waals surface area (Å²) < 4.78 is 0. The molecule has 30 heavy (non-hydrogen) atoms. The van der Waals surface area contributed by atoms with Gasteiger partial charge in [0, 0.05) is 37.1 Å². The van der Waals surface area contributed by atoms with Crippen molar-refractivity contribution in [1.82, 2.24) is 20.2 Å². The van der Waals surface area contributed by atoms with Crippen LogP contribution in [0.4, 0.5) is 11.8 Å². The molecule has 0 bridgehead atoms. The van der Waals surface area contributed by atoms with Gasteiger partial charge in [-0.3, -0.25) is 4.90 Å². The first-order valence-corrected chi connectivity index (χ1v) is 11.1. The van der Waals surface area contributed by atoms with E-state index in [0.29, 0.717) is 24.6 Å². The number of piperidine rings is 1. The van der Waals surface area contributed by atoms with Crippen LogP contribution >= 0.6 is 0 Å². The fourth-order valence-electron chi connectivity index (χ4n) is 4.47. The van der Waals surface area contributed by atoms with Crippen LogP contribution in [-0.4, -0.2) is 47.1 Å². The van der Waals surface area contributed by atoms with Crippen LogP contribution in [0.3, 0.4) is 0 Å². The van der Waals surface area contributed by atoms with E-state index in [1.54, 1.807) is 0 Å². The smallest absolute Gasteiger partial charge is 0.224 e. The van der Waals surface area contributed by atoms with Crippen LogP contribution in [0, 0.1) is 0 Å². The maximum Gasteiger partial charge on any atom is 0.224 e. The van der Waals surface area contributed by atoms with E-state index in [1.165, 1.54) is 37.1 Å². The quantitative estimate of drug-likeness (QED) is 0.730. The number of aromatic nitrogens is 2. The molecule has 2 aliphatic rings. The molecule has 1 atom stereocenters. The number of allylic oxidation sites excluding steroid dienone is 1. The Hall–Kier alpha value is -2.44. The van der Waals surface area contributed by atoms with Crippen molar-refractivity contribution in [2.24, 2.45) is 0 Å². The summed E-state index contributed by atoms with van der Waals surface area (Å²) in [6.45, 7) is 10.5. The minimum atomic E-state index is 0.441. The van der Waals surface area contributed by atoms with E-state index in [2.05, 4.69) is 70.2 Å². The van der Waals surface area contributed by atoms with Gasteiger partial charge < -0.3 is 15.5 Å². The van der Waals surface area contributed by atoms with Gasteiger partial charge in [0.15, 0.2) is 0 Å². The number of rotatable bonds is 7. The van der Waals surface area contributed by atoms with Crippen molar-refractivity contribution < 1.29 is 0 Å². The molecule has 0 amide bonds. The normalized spacial score (nSPS) is 20.7. The minimum absolute atomic E-state index is 0.441. The van der Waals surface area contributed by atoms with Gasteiger partial charge in [0.1, 0.15) is 5.82 Å². The van der Waals surface area contributed by atoms with Gasteiger partial charge in [-0.05, 0) is 69.9 Å². The average molecular weight is 407 g/mol. The molecule has 160 valence electrons. The lowest BCUT2D eigenvalue weighted by atomic mass is 10.0. The second-order valence-electron chi connectivity index (χ2n) is 8.57. The van der Waals surface area contributed by atoms with Gasteiger partial charge in [0.05, 0.1) is 0 Å².